The van der Waals surface area contributed by atoms with Gasteiger partial charge in [0, 0.05) is 26.1 Å². The fraction of sp³-hybridized carbons (Fsp3) is 0.833. The number of aliphatic carboxylic acids is 1. The van der Waals surface area contributed by atoms with Gasteiger partial charge >= 0.3 is 5.97 Å². The summed E-state index contributed by atoms with van der Waals surface area (Å²) in [5.74, 6) is -0.877. The third-order valence-corrected chi connectivity index (χ3v) is 5.72. The Morgan fingerprint density at radius 3 is 2.46 bits per heavy atom. The smallest absolute Gasteiger partial charge is 0.311 e. The van der Waals surface area contributed by atoms with Crippen molar-refractivity contribution in [2.75, 3.05) is 19.6 Å². The maximum Gasteiger partial charge on any atom is 0.311 e. The molecule has 2 aliphatic rings. The number of carbonyl (C=O) groups excluding carboxylic acids is 2. The number of carbonyl (C=O) groups is 3. The summed E-state index contributed by atoms with van der Waals surface area (Å²) in [7, 11) is 0. The van der Waals surface area contributed by atoms with Crippen LogP contribution in [0.1, 0.15) is 59.3 Å². The minimum absolute atomic E-state index is 0.0306. The number of amides is 2. The first-order chi connectivity index (χ1) is 11.3. The zero-order valence-electron chi connectivity index (χ0n) is 15.1. The van der Waals surface area contributed by atoms with Crippen molar-refractivity contribution in [3.63, 3.8) is 0 Å². The third kappa shape index (κ3) is 3.42. The zero-order valence-corrected chi connectivity index (χ0v) is 15.1. The minimum Gasteiger partial charge on any atom is -0.481 e. The molecule has 0 radical (unpaired) electrons. The van der Waals surface area contributed by atoms with Crippen LogP contribution in [-0.4, -0.2) is 58.4 Å². The van der Waals surface area contributed by atoms with Crippen molar-refractivity contribution >= 4 is 17.8 Å². The van der Waals surface area contributed by atoms with Gasteiger partial charge in [0.1, 0.15) is 6.04 Å². The summed E-state index contributed by atoms with van der Waals surface area (Å²) < 4.78 is 0. The Hall–Kier alpha value is -1.59. The molecule has 136 valence electrons. The molecule has 2 unspecified atom stereocenters. The molecule has 0 aromatic heterocycles. The molecule has 2 aliphatic heterocycles. The molecule has 6 nitrogen and oxygen atoms in total. The van der Waals surface area contributed by atoms with Gasteiger partial charge in [-0.3, -0.25) is 14.4 Å². The summed E-state index contributed by atoms with van der Waals surface area (Å²) >= 11 is 0. The third-order valence-electron chi connectivity index (χ3n) is 5.72. The average molecular weight is 338 g/mol. The predicted molar refractivity (Wildman–Crippen MR) is 90.4 cm³/mol. The van der Waals surface area contributed by atoms with Crippen molar-refractivity contribution < 1.29 is 19.5 Å². The number of hydrogen-bond donors (Lipinski definition) is 1. The molecule has 0 aromatic carbocycles. The van der Waals surface area contributed by atoms with E-state index in [0.717, 1.165) is 19.3 Å². The van der Waals surface area contributed by atoms with Gasteiger partial charge < -0.3 is 14.9 Å². The van der Waals surface area contributed by atoms with Crippen LogP contribution in [0, 0.1) is 11.3 Å². The number of nitrogens with zero attached hydrogens (tertiary/aromatic N) is 2. The highest BCUT2D eigenvalue weighted by atomic mass is 16.4. The van der Waals surface area contributed by atoms with E-state index in [2.05, 4.69) is 0 Å². The van der Waals surface area contributed by atoms with Crippen LogP contribution in [-0.2, 0) is 14.4 Å². The quantitative estimate of drug-likeness (QED) is 0.833. The van der Waals surface area contributed by atoms with E-state index in [1.165, 1.54) is 0 Å². The highest BCUT2D eigenvalue weighted by molar-refractivity contribution is 5.89. The van der Waals surface area contributed by atoms with Crippen molar-refractivity contribution in [3.8, 4) is 0 Å². The SMILES string of the molecule is CCCC(=O)N1CCCCC1C(=O)N1CCC(C(=O)O)(C(C)C)C1. The molecule has 0 spiro atoms. The summed E-state index contributed by atoms with van der Waals surface area (Å²) in [5, 5.41) is 9.65. The normalized spacial score (nSPS) is 27.6. The maximum absolute atomic E-state index is 13.0. The number of piperidine rings is 1. The lowest BCUT2D eigenvalue weighted by Crippen LogP contribution is -2.53. The molecular formula is C18H30N2O4. The molecule has 2 fully saturated rings. The van der Waals surface area contributed by atoms with E-state index < -0.39 is 17.4 Å². The minimum atomic E-state index is -0.859. The zero-order chi connectivity index (χ0) is 17.9. The molecule has 2 amide bonds. The van der Waals surface area contributed by atoms with Crippen molar-refractivity contribution in [1.82, 2.24) is 9.80 Å². The monoisotopic (exact) mass is 338 g/mol. The van der Waals surface area contributed by atoms with Crippen LogP contribution in [0.3, 0.4) is 0 Å². The van der Waals surface area contributed by atoms with Gasteiger partial charge in [-0.25, -0.2) is 0 Å². The molecular weight excluding hydrogens is 308 g/mol. The van der Waals surface area contributed by atoms with Gasteiger partial charge in [0.15, 0.2) is 0 Å². The Morgan fingerprint density at radius 1 is 1.21 bits per heavy atom. The Balaban J connectivity index is 2.12. The number of carboxylic acid groups (broad SMARTS) is 1. The Morgan fingerprint density at radius 2 is 1.92 bits per heavy atom. The van der Waals surface area contributed by atoms with Gasteiger partial charge in [0.25, 0.3) is 0 Å². The van der Waals surface area contributed by atoms with Crippen LogP contribution < -0.4 is 0 Å². The molecule has 0 aromatic rings. The molecule has 0 aliphatic carbocycles. The molecule has 2 rings (SSSR count). The Bertz CT molecular complexity index is 505. The highest BCUT2D eigenvalue weighted by Gasteiger charge is 2.49. The molecule has 6 heteroatoms. The van der Waals surface area contributed by atoms with Crippen molar-refractivity contribution in [1.29, 1.82) is 0 Å². The molecule has 2 saturated heterocycles. The first-order valence-electron chi connectivity index (χ1n) is 9.15. The number of likely N-dealkylation sites (tertiary alicyclic amines) is 2. The van der Waals surface area contributed by atoms with Gasteiger partial charge in [0.05, 0.1) is 5.41 Å². The Kier molecular flexibility index (Phi) is 5.88. The predicted octanol–water partition coefficient (Wildman–Crippen LogP) is 2.13. The standard InChI is InChI=1S/C18H30N2O4/c1-4-7-15(21)20-10-6-5-8-14(20)16(22)19-11-9-18(12-19,13(2)3)17(23)24/h13-14H,4-12H2,1-3H3,(H,23,24). The van der Waals surface area contributed by atoms with Crippen LogP contribution in [0.4, 0.5) is 0 Å². The van der Waals surface area contributed by atoms with Crippen LogP contribution in [0.25, 0.3) is 0 Å². The molecule has 1 N–H and O–H groups in total. The lowest BCUT2D eigenvalue weighted by Gasteiger charge is -2.37. The van der Waals surface area contributed by atoms with E-state index in [0.29, 0.717) is 32.4 Å². The molecule has 24 heavy (non-hydrogen) atoms. The van der Waals surface area contributed by atoms with E-state index in [1.54, 1.807) is 9.80 Å². The second-order valence-electron chi connectivity index (χ2n) is 7.47. The second kappa shape index (κ2) is 7.53. The van der Waals surface area contributed by atoms with Gasteiger partial charge in [-0.15, -0.1) is 0 Å². The van der Waals surface area contributed by atoms with Crippen molar-refractivity contribution in [3.05, 3.63) is 0 Å². The summed E-state index contributed by atoms with van der Waals surface area (Å²) in [5.41, 5.74) is -0.859. The molecule has 0 saturated carbocycles. The van der Waals surface area contributed by atoms with E-state index in [9.17, 15) is 19.5 Å². The average Bonchev–Trinajstić information content (AvgIpc) is 3.01. The summed E-state index contributed by atoms with van der Waals surface area (Å²) in [6.07, 6.45) is 4.29. The summed E-state index contributed by atoms with van der Waals surface area (Å²) in [6, 6.07) is -0.408. The van der Waals surface area contributed by atoms with Crippen LogP contribution >= 0.6 is 0 Å². The largest absolute Gasteiger partial charge is 0.481 e. The van der Waals surface area contributed by atoms with Crippen molar-refractivity contribution in [2.24, 2.45) is 11.3 Å². The first kappa shape index (κ1) is 18.7. The van der Waals surface area contributed by atoms with Gasteiger partial charge in [-0.2, -0.15) is 0 Å². The first-order valence-corrected chi connectivity index (χ1v) is 9.15. The highest BCUT2D eigenvalue weighted by Crippen LogP contribution is 2.39. The fourth-order valence-corrected chi connectivity index (χ4v) is 3.97. The molecule has 2 heterocycles. The van der Waals surface area contributed by atoms with E-state index in [1.807, 2.05) is 20.8 Å². The topological polar surface area (TPSA) is 77.9 Å². The van der Waals surface area contributed by atoms with E-state index in [4.69, 9.17) is 0 Å². The summed E-state index contributed by atoms with van der Waals surface area (Å²) in [4.78, 5) is 40.5. The fourth-order valence-electron chi connectivity index (χ4n) is 3.97. The van der Waals surface area contributed by atoms with Crippen LogP contribution in [0.15, 0.2) is 0 Å². The Labute approximate surface area is 144 Å². The van der Waals surface area contributed by atoms with Gasteiger partial charge in [0.2, 0.25) is 11.8 Å². The van der Waals surface area contributed by atoms with Crippen molar-refractivity contribution in [2.45, 2.75) is 65.3 Å². The van der Waals surface area contributed by atoms with E-state index >= 15 is 0 Å². The van der Waals surface area contributed by atoms with Crippen LogP contribution in [0.5, 0.6) is 0 Å². The lowest BCUT2D eigenvalue weighted by atomic mass is 9.76. The molecule has 2 atom stereocenters. The second-order valence-corrected chi connectivity index (χ2v) is 7.47. The summed E-state index contributed by atoms with van der Waals surface area (Å²) in [6.45, 7) is 7.13. The maximum atomic E-state index is 13.0. The number of rotatable bonds is 5. The molecule has 0 bridgehead atoms. The number of carboxylic acids is 1. The van der Waals surface area contributed by atoms with E-state index in [-0.39, 0.29) is 24.3 Å². The van der Waals surface area contributed by atoms with Gasteiger partial charge in [-0.1, -0.05) is 20.8 Å². The van der Waals surface area contributed by atoms with Crippen LogP contribution in [0.2, 0.25) is 0 Å². The van der Waals surface area contributed by atoms with Gasteiger partial charge in [-0.05, 0) is 38.0 Å². The number of hydrogen-bond acceptors (Lipinski definition) is 3. The lowest BCUT2D eigenvalue weighted by molar-refractivity contribution is -0.153.